The molecule has 6 aromatic rings. The molecule has 0 aliphatic heterocycles. The number of hydrogen-bond acceptors (Lipinski definition) is 11. The number of carbonyl (C=O) groups is 2. The molecular formula is C32H22Cl4F6N10O7S2. The predicted molar refractivity (Wildman–Crippen MR) is 210 cm³/mol. The van der Waals surface area contributed by atoms with E-state index >= 15 is 0 Å². The number of alkyl halides is 6. The highest BCUT2D eigenvalue weighted by Gasteiger charge is 2.36. The van der Waals surface area contributed by atoms with Crippen molar-refractivity contribution in [1.82, 2.24) is 30.4 Å². The zero-order valence-electron chi connectivity index (χ0n) is 29.4. The van der Waals surface area contributed by atoms with Crippen molar-refractivity contribution in [2.75, 3.05) is 20.5 Å². The summed E-state index contributed by atoms with van der Waals surface area (Å²) >= 11 is 22.4. The number of carbonyl (C=O) groups excluding carboxylic acids is 1. The molecule has 0 aliphatic rings. The number of aromatic nitrogens is 6. The minimum Gasteiger partial charge on any atom is -0.476 e. The van der Waals surface area contributed by atoms with Gasteiger partial charge in [-0.3, -0.25) is 24.4 Å². The second kappa shape index (κ2) is 19.2. The number of nitrogens with one attached hydrogen (secondary N) is 5. The van der Waals surface area contributed by atoms with E-state index < -0.39 is 86.6 Å². The number of benzene rings is 2. The van der Waals surface area contributed by atoms with Gasteiger partial charge < -0.3 is 16.2 Å². The Hall–Kier alpha value is -5.86. The normalized spacial score (nSPS) is 11.6. The molecule has 0 saturated heterocycles. The van der Waals surface area contributed by atoms with Crippen molar-refractivity contribution in [3.63, 3.8) is 0 Å². The fraction of sp³-hybridized carbons (Fsp3) is 0.0625. The zero-order chi connectivity index (χ0) is 45.5. The van der Waals surface area contributed by atoms with Crippen LogP contribution in [0.1, 0.15) is 32.1 Å². The molecule has 0 saturated carbocycles. The van der Waals surface area contributed by atoms with E-state index in [4.69, 9.17) is 57.2 Å². The van der Waals surface area contributed by atoms with E-state index in [0.717, 1.165) is 48.8 Å². The van der Waals surface area contributed by atoms with Crippen LogP contribution in [0.5, 0.6) is 0 Å². The molecule has 2 aromatic carbocycles. The number of amides is 1. The fourth-order valence-corrected chi connectivity index (χ4v) is 7.28. The molecule has 17 nitrogen and oxygen atoms in total. The molecule has 8 N–H and O–H groups in total. The minimum absolute atomic E-state index is 0.0159. The third-order valence-electron chi connectivity index (χ3n) is 6.99. The molecule has 0 atom stereocenters. The van der Waals surface area contributed by atoms with Crippen molar-refractivity contribution >= 4 is 101 Å². The SMILES string of the molecule is Nc1ccn[nH]1.O=C(Nc1ccn[nH]1)c1ncc(Cl)cc1NS(=O)(=O)c1ccc(Cl)c(C(F)(F)F)c1.O=C(O)c1ncc(Cl)cc1NS(=O)(=O)c1ccc(Cl)c(C(F)(F)F)c1. The number of anilines is 4. The lowest BCUT2D eigenvalue weighted by atomic mass is 10.2. The molecule has 29 heteroatoms. The second-order valence-corrected chi connectivity index (χ2v) is 16.4. The Morgan fingerprint density at radius 1 is 0.656 bits per heavy atom. The van der Waals surface area contributed by atoms with E-state index in [9.17, 15) is 52.8 Å². The standard InChI is InChI=1S/C16H10Cl2F3N5O3S.C13H7Cl2F3N2O4S.C3H5N3/c17-8-5-12(14(22-7-8)15(27)24-13-3-4-23-25-13)26-30(28,29)9-1-2-11(18)10(6-9)16(19,20)21;14-6-3-10(11(12(21)22)19-5-6)20-25(23,24)7-1-2-9(15)8(4-7)13(16,17)18;4-3-1-2-5-6-3/h1-7,26H,(H2,23,24,25,27);1-5,20H,(H,21,22);1-2H,(H3,4,5,6). The van der Waals surface area contributed by atoms with E-state index in [1.807, 2.05) is 9.44 Å². The summed E-state index contributed by atoms with van der Waals surface area (Å²) in [6.45, 7) is 0. The summed E-state index contributed by atoms with van der Waals surface area (Å²) in [7, 11) is -9.11. The molecule has 0 radical (unpaired) electrons. The van der Waals surface area contributed by atoms with Crippen molar-refractivity contribution in [3.8, 4) is 0 Å². The van der Waals surface area contributed by atoms with Gasteiger partial charge in [-0.25, -0.2) is 31.6 Å². The number of nitrogens with zero attached hydrogens (tertiary/aromatic N) is 4. The summed E-state index contributed by atoms with van der Waals surface area (Å²) in [5.41, 5.74) is 0.604. The van der Waals surface area contributed by atoms with Crippen LogP contribution in [0.25, 0.3) is 0 Å². The topological polar surface area (TPSA) is 268 Å². The molecule has 0 unspecified atom stereocenters. The average molecular weight is 979 g/mol. The van der Waals surface area contributed by atoms with Crippen LogP contribution in [-0.4, -0.2) is 64.2 Å². The number of carboxylic acids is 1. The van der Waals surface area contributed by atoms with Crippen LogP contribution in [0.4, 0.5) is 49.4 Å². The monoisotopic (exact) mass is 976 g/mol. The van der Waals surface area contributed by atoms with Crippen LogP contribution in [-0.2, 0) is 32.4 Å². The Kier molecular flexibility index (Phi) is 15.1. The molecule has 1 amide bonds. The smallest absolute Gasteiger partial charge is 0.417 e. The van der Waals surface area contributed by atoms with Gasteiger partial charge in [-0.05, 0) is 54.6 Å². The molecule has 0 bridgehead atoms. The number of nitrogens with two attached hydrogens (primary N) is 1. The first kappa shape index (κ1) is 47.8. The predicted octanol–water partition coefficient (Wildman–Crippen LogP) is 8.08. The number of pyridine rings is 2. The number of nitrogen functional groups attached to an aromatic ring is 1. The molecule has 0 spiro atoms. The molecule has 324 valence electrons. The quantitative estimate of drug-likeness (QED) is 0.0678. The highest BCUT2D eigenvalue weighted by atomic mass is 35.5. The number of halogens is 10. The van der Waals surface area contributed by atoms with Crippen LogP contribution >= 0.6 is 46.4 Å². The Morgan fingerprint density at radius 3 is 1.48 bits per heavy atom. The van der Waals surface area contributed by atoms with Crippen molar-refractivity contribution < 1.29 is 57.9 Å². The summed E-state index contributed by atoms with van der Waals surface area (Å²) < 4.78 is 132. The van der Waals surface area contributed by atoms with Crippen LogP contribution < -0.4 is 20.5 Å². The van der Waals surface area contributed by atoms with Crippen LogP contribution in [0.3, 0.4) is 0 Å². The molecule has 0 fully saturated rings. The lowest BCUT2D eigenvalue weighted by Crippen LogP contribution is -2.20. The lowest BCUT2D eigenvalue weighted by Gasteiger charge is -2.14. The van der Waals surface area contributed by atoms with Gasteiger partial charge in [0.05, 0.1) is 64.8 Å². The number of sulfonamides is 2. The van der Waals surface area contributed by atoms with Crippen LogP contribution in [0.2, 0.25) is 20.1 Å². The van der Waals surface area contributed by atoms with Gasteiger partial charge in [0.25, 0.3) is 26.0 Å². The number of aromatic amines is 2. The Balaban J connectivity index is 0.000000239. The Labute approximate surface area is 358 Å². The first-order valence-corrected chi connectivity index (χ1v) is 20.2. The highest BCUT2D eigenvalue weighted by molar-refractivity contribution is 7.93. The Bertz CT molecular complexity index is 2770. The number of aromatic carboxylic acids is 1. The number of carboxylic acid groups (broad SMARTS) is 1. The van der Waals surface area contributed by atoms with Gasteiger partial charge >= 0.3 is 18.3 Å². The summed E-state index contributed by atoms with van der Waals surface area (Å²) in [4.78, 5) is 29.3. The van der Waals surface area contributed by atoms with Gasteiger partial charge in [-0.2, -0.15) is 36.5 Å². The molecule has 0 aliphatic carbocycles. The van der Waals surface area contributed by atoms with E-state index in [2.05, 4.69) is 35.7 Å². The highest BCUT2D eigenvalue weighted by Crippen LogP contribution is 2.38. The first-order valence-electron chi connectivity index (χ1n) is 15.7. The number of rotatable bonds is 9. The maximum atomic E-state index is 13.1. The molecular weight excluding hydrogens is 956 g/mol. The zero-order valence-corrected chi connectivity index (χ0v) is 34.1. The second-order valence-electron chi connectivity index (χ2n) is 11.3. The van der Waals surface area contributed by atoms with Gasteiger partial charge in [-0.15, -0.1) is 0 Å². The van der Waals surface area contributed by atoms with Crippen LogP contribution in [0.15, 0.2) is 95.2 Å². The van der Waals surface area contributed by atoms with Gasteiger partial charge in [-0.1, -0.05) is 46.4 Å². The summed E-state index contributed by atoms with van der Waals surface area (Å²) in [6, 6.07) is 9.22. The van der Waals surface area contributed by atoms with Crippen molar-refractivity contribution in [2.45, 2.75) is 22.1 Å². The summed E-state index contributed by atoms with van der Waals surface area (Å²) in [5, 5.41) is 22.2. The van der Waals surface area contributed by atoms with E-state index in [1.165, 1.54) is 12.3 Å². The largest absolute Gasteiger partial charge is 0.476 e. The molecule has 61 heavy (non-hydrogen) atoms. The summed E-state index contributed by atoms with van der Waals surface area (Å²) in [5.74, 6) is -1.56. The first-order chi connectivity index (χ1) is 28.3. The third-order valence-corrected chi connectivity index (χ3v) is 10.8. The van der Waals surface area contributed by atoms with Crippen LogP contribution in [0, 0.1) is 0 Å². The minimum atomic E-state index is -4.87. The average Bonchev–Trinajstić information content (AvgIpc) is 3.85. The third kappa shape index (κ3) is 13.1. The van der Waals surface area contributed by atoms with Gasteiger partial charge in [0.15, 0.2) is 11.4 Å². The van der Waals surface area contributed by atoms with Gasteiger partial charge in [0.2, 0.25) is 0 Å². The molecule has 4 heterocycles. The van der Waals surface area contributed by atoms with Crippen molar-refractivity contribution in [1.29, 1.82) is 0 Å². The maximum absolute atomic E-state index is 13.1. The van der Waals surface area contributed by atoms with E-state index in [0.29, 0.717) is 18.0 Å². The van der Waals surface area contributed by atoms with E-state index in [1.54, 1.807) is 12.3 Å². The summed E-state index contributed by atoms with van der Waals surface area (Å²) in [6.07, 6.45) is -4.68. The van der Waals surface area contributed by atoms with Gasteiger partial charge in [0, 0.05) is 18.5 Å². The molecule has 4 aromatic heterocycles. The fourth-order valence-electron chi connectivity index (χ4n) is 4.34. The molecule has 6 rings (SSSR count). The van der Waals surface area contributed by atoms with E-state index in [-0.39, 0.29) is 27.2 Å². The van der Waals surface area contributed by atoms with Gasteiger partial charge in [0.1, 0.15) is 11.6 Å². The van der Waals surface area contributed by atoms with Crippen molar-refractivity contribution in [3.05, 3.63) is 128 Å². The number of H-pyrrole nitrogens is 2. The van der Waals surface area contributed by atoms with Crippen molar-refractivity contribution in [2.24, 2.45) is 0 Å². The Morgan fingerprint density at radius 2 is 1.10 bits per heavy atom. The maximum Gasteiger partial charge on any atom is 0.417 e. The number of hydrogen-bond donors (Lipinski definition) is 7. The lowest BCUT2D eigenvalue weighted by molar-refractivity contribution is -0.138.